The van der Waals surface area contributed by atoms with E-state index in [4.69, 9.17) is 0 Å². The monoisotopic (exact) mass is 461 g/mol. The fourth-order valence-corrected chi connectivity index (χ4v) is 5.45. The number of fused-ring (bicyclic) bond motifs is 1. The first kappa shape index (κ1) is 24.2. The summed E-state index contributed by atoms with van der Waals surface area (Å²) in [5, 5.41) is 8.02. The highest BCUT2D eigenvalue weighted by molar-refractivity contribution is 6.00. The third-order valence-electron chi connectivity index (χ3n) is 7.79. The number of aryl methyl sites for hydroxylation is 1. The number of Topliss-reactive ketones (excluding diaryl/α,β-unsaturated/α-hetero) is 1. The zero-order valence-electron chi connectivity index (χ0n) is 21.0. The summed E-state index contributed by atoms with van der Waals surface area (Å²) in [6.45, 7) is 10.7. The van der Waals surface area contributed by atoms with Crippen LogP contribution in [0.3, 0.4) is 0 Å². The normalized spacial score (nSPS) is 17.2. The van der Waals surface area contributed by atoms with Crippen LogP contribution in [0.2, 0.25) is 0 Å². The van der Waals surface area contributed by atoms with Gasteiger partial charge in [-0.2, -0.15) is 5.10 Å². The second kappa shape index (κ2) is 9.36. The fraction of sp³-hybridized carbons (Fsp3) is 0.448. The first-order chi connectivity index (χ1) is 16.2. The van der Waals surface area contributed by atoms with Crippen LogP contribution in [-0.2, 0) is 11.0 Å². The lowest BCUT2D eigenvalue weighted by Gasteiger charge is -2.38. The second-order valence-corrected chi connectivity index (χ2v) is 10.3. The SMILES string of the molecule is CCC(CC)(CCC(=O)c1cnn2c1NC(c1ccccc1F)CC2(C)C)c1ccc(C)cc1. The van der Waals surface area contributed by atoms with Gasteiger partial charge < -0.3 is 5.32 Å². The largest absolute Gasteiger partial charge is 0.363 e. The predicted octanol–water partition coefficient (Wildman–Crippen LogP) is 7.34. The Morgan fingerprint density at radius 1 is 1.15 bits per heavy atom. The van der Waals surface area contributed by atoms with E-state index in [1.165, 1.54) is 17.2 Å². The lowest BCUT2D eigenvalue weighted by molar-refractivity contribution is 0.0968. The molecule has 0 amide bonds. The number of nitrogens with one attached hydrogen (secondary N) is 1. The minimum Gasteiger partial charge on any atom is -0.363 e. The van der Waals surface area contributed by atoms with Crippen molar-refractivity contribution in [3.8, 4) is 0 Å². The quantitative estimate of drug-likeness (QED) is 0.357. The first-order valence-electron chi connectivity index (χ1n) is 12.4. The molecule has 1 aliphatic heterocycles. The standard InChI is InChI=1S/C29H36FN3O/c1-6-29(7-2,21-14-12-20(3)13-15-21)17-16-26(34)23-19-31-33-27(23)32-25(18-28(33,4)5)22-10-8-9-11-24(22)30/h8-15,19,25,32H,6-7,16-18H2,1-5H3. The van der Waals surface area contributed by atoms with Crippen LogP contribution in [0.25, 0.3) is 0 Å². The second-order valence-electron chi connectivity index (χ2n) is 10.3. The number of carbonyl (C=O) groups excluding carboxylic acids is 1. The Kier molecular flexibility index (Phi) is 6.66. The predicted molar refractivity (Wildman–Crippen MR) is 136 cm³/mol. The summed E-state index contributed by atoms with van der Waals surface area (Å²) < 4.78 is 16.5. The molecule has 0 saturated heterocycles. The number of hydrogen-bond acceptors (Lipinski definition) is 3. The smallest absolute Gasteiger partial charge is 0.168 e. The zero-order valence-corrected chi connectivity index (χ0v) is 21.0. The molecule has 1 unspecified atom stereocenters. The van der Waals surface area contributed by atoms with Crippen molar-refractivity contribution >= 4 is 11.6 Å². The van der Waals surface area contributed by atoms with Gasteiger partial charge in [0.25, 0.3) is 0 Å². The van der Waals surface area contributed by atoms with E-state index in [0.717, 1.165) is 19.3 Å². The molecule has 0 saturated carbocycles. The number of halogens is 1. The molecule has 34 heavy (non-hydrogen) atoms. The van der Waals surface area contributed by atoms with Gasteiger partial charge in [-0.1, -0.05) is 61.9 Å². The van der Waals surface area contributed by atoms with Gasteiger partial charge in [-0.05, 0) is 63.5 Å². The number of hydrogen-bond donors (Lipinski definition) is 1. The van der Waals surface area contributed by atoms with E-state index in [1.807, 2.05) is 16.8 Å². The van der Waals surface area contributed by atoms with E-state index in [0.29, 0.717) is 29.8 Å². The van der Waals surface area contributed by atoms with Gasteiger partial charge in [0.05, 0.1) is 23.3 Å². The van der Waals surface area contributed by atoms with Crippen LogP contribution in [0.15, 0.2) is 54.7 Å². The maximum atomic E-state index is 14.6. The first-order valence-corrected chi connectivity index (χ1v) is 12.4. The van der Waals surface area contributed by atoms with Crippen molar-refractivity contribution in [3.63, 3.8) is 0 Å². The molecule has 2 heterocycles. The maximum absolute atomic E-state index is 14.6. The molecule has 1 aliphatic rings. The number of aromatic nitrogens is 2. The van der Waals surface area contributed by atoms with E-state index in [-0.39, 0.29) is 28.6 Å². The molecule has 1 atom stereocenters. The Hall–Kier alpha value is -2.95. The molecule has 0 bridgehead atoms. The molecular weight excluding hydrogens is 425 g/mol. The maximum Gasteiger partial charge on any atom is 0.168 e. The van der Waals surface area contributed by atoms with Crippen LogP contribution >= 0.6 is 0 Å². The van der Waals surface area contributed by atoms with E-state index in [9.17, 15) is 9.18 Å². The Labute approximate surface area is 202 Å². The summed E-state index contributed by atoms with van der Waals surface area (Å²) in [5.74, 6) is 0.547. The minimum atomic E-state index is -0.343. The summed E-state index contributed by atoms with van der Waals surface area (Å²) in [4.78, 5) is 13.5. The Balaban J connectivity index is 1.59. The molecule has 1 aromatic heterocycles. The van der Waals surface area contributed by atoms with E-state index >= 15 is 0 Å². The van der Waals surface area contributed by atoms with Crippen molar-refractivity contribution in [1.82, 2.24) is 9.78 Å². The average Bonchev–Trinajstić information content (AvgIpc) is 3.26. The van der Waals surface area contributed by atoms with Crippen molar-refractivity contribution in [3.05, 3.63) is 82.8 Å². The third-order valence-corrected chi connectivity index (χ3v) is 7.79. The molecule has 0 aliphatic carbocycles. The molecule has 0 fully saturated rings. The number of rotatable bonds is 8. The number of nitrogens with zero attached hydrogens (tertiary/aromatic N) is 2. The highest BCUT2D eigenvalue weighted by atomic mass is 19.1. The van der Waals surface area contributed by atoms with Gasteiger partial charge in [-0.15, -0.1) is 0 Å². The van der Waals surface area contributed by atoms with Gasteiger partial charge in [-0.25, -0.2) is 9.07 Å². The van der Waals surface area contributed by atoms with Gasteiger partial charge in [0, 0.05) is 12.0 Å². The highest BCUT2D eigenvalue weighted by Gasteiger charge is 2.38. The van der Waals surface area contributed by atoms with Gasteiger partial charge in [0.1, 0.15) is 11.6 Å². The van der Waals surface area contributed by atoms with Crippen molar-refractivity contribution in [1.29, 1.82) is 0 Å². The molecule has 5 heteroatoms. The third kappa shape index (κ3) is 4.40. The van der Waals surface area contributed by atoms with Gasteiger partial charge in [0.2, 0.25) is 0 Å². The lowest BCUT2D eigenvalue weighted by atomic mass is 9.72. The molecule has 4 rings (SSSR count). The summed E-state index contributed by atoms with van der Waals surface area (Å²) >= 11 is 0. The number of benzene rings is 2. The summed E-state index contributed by atoms with van der Waals surface area (Å²) in [5.41, 5.74) is 3.39. The topological polar surface area (TPSA) is 46.9 Å². The molecule has 180 valence electrons. The molecular formula is C29H36FN3O. The van der Waals surface area contributed by atoms with Crippen LogP contribution < -0.4 is 5.32 Å². The van der Waals surface area contributed by atoms with Crippen LogP contribution in [0, 0.1) is 12.7 Å². The number of anilines is 1. The fourth-order valence-electron chi connectivity index (χ4n) is 5.45. The summed E-state index contributed by atoms with van der Waals surface area (Å²) in [7, 11) is 0. The van der Waals surface area contributed by atoms with Crippen molar-refractivity contribution in [2.24, 2.45) is 0 Å². The van der Waals surface area contributed by atoms with E-state index < -0.39 is 0 Å². The molecule has 0 spiro atoms. The Bertz CT molecular complexity index is 1160. The van der Waals surface area contributed by atoms with Crippen LogP contribution in [0.4, 0.5) is 10.2 Å². The Morgan fingerprint density at radius 2 is 1.82 bits per heavy atom. The van der Waals surface area contributed by atoms with Gasteiger partial charge in [-0.3, -0.25) is 4.79 Å². The van der Waals surface area contributed by atoms with Gasteiger partial charge >= 0.3 is 0 Å². The summed E-state index contributed by atoms with van der Waals surface area (Å²) in [6, 6.07) is 15.4. The van der Waals surface area contributed by atoms with Crippen molar-refractivity contribution in [2.75, 3.05) is 5.32 Å². The highest BCUT2D eigenvalue weighted by Crippen LogP contribution is 2.42. The molecule has 4 nitrogen and oxygen atoms in total. The average molecular weight is 462 g/mol. The van der Waals surface area contributed by atoms with Gasteiger partial charge in [0.15, 0.2) is 5.78 Å². The molecule has 2 aromatic carbocycles. The number of ketones is 1. The lowest BCUT2D eigenvalue weighted by Crippen LogP contribution is -2.38. The molecule has 0 radical (unpaired) electrons. The van der Waals surface area contributed by atoms with Crippen LogP contribution in [-0.4, -0.2) is 15.6 Å². The minimum absolute atomic E-state index is 0.0288. The summed E-state index contributed by atoms with van der Waals surface area (Å²) in [6.07, 6.45) is 5.55. The van der Waals surface area contributed by atoms with E-state index in [2.05, 4.69) is 69.3 Å². The zero-order chi connectivity index (χ0) is 24.5. The molecule has 1 N–H and O–H groups in total. The van der Waals surface area contributed by atoms with Crippen LogP contribution in [0.5, 0.6) is 0 Å². The van der Waals surface area contributed by atoms with Crippen molar-refractivity contribution < 1.29 is 9.18 Å². The Morgan fingerprint density at radius 3 is 2.47 bits per heavy atom. The van der Waals surface area contributed by atoms with Crippen molar-refractivity contribution in [2.45, 2.75) is 83.7 Å². The molecule has 3 aromatic rings. The number of carbonyl (C=O) groups is 1. The van der Waals surface area contributed by atoms with E-state index in [1.54, 1.807) is 12.3 Å². The van der Waals surface area contributed by atoms with Crippen LogP contribution in [0.1, 0.15) is 92.9 Å².